The lowest BCUT2D eigenvalue weighted by molar-refractivity contribution is 0.660. The van der Waals surface area contributed by atoms with Crippen molar-refractivity contribution < 1.29 is 0 Å². The van der Waals surface area contributed by atoms with Crippen LogP contribution in [0.2, 0.25) is 0 Å². The van der Waals surface area contributed by atoms with E-state index in [1.807, 2.05) is 0 Å². The molecule has 3 nitrogen and oxygen atoms in total. The molecule has 0 saturated carbocycles. The zero-order valence-corrected chi connectivity index (χ0v) is 68.5. The SMILES string of the molecule is Brc1ccc(-c2ccc(N(c3ccc(-c4ccccc4)cc3)c3ccc(-c4ccccc4)cc3)cc2)cc1.Brc1ccc(-c2ccc(N(c3ccc(-c4ccccc4)cc3)c3cccc4ccccc34)cc2)cc1.CC1(C)c2ccccc2-c2ccc(N(c3ccc(-c4ccccc4)cc3)c3ccc(-c4ccc(Br)cc4)cc3)cc21. The summed E-state index contributed by atoms with van der Waals surface area (Å²) in [5.74, 6) is 0. The van der Waals surface area contributed by atoms with Gasteiger partial charge in [-0.05, 0) is 245 Å². The molecular weight excluding hydrogens is 1590 g/mol. The average Bonchev–Trinajstić information content (AvgIpc) is 1.58. The molecule has 0 heterocycles. The standard InChI is InChI=1S/C39H30BrN.C36H26BrN.C34H24BrN/c1-39(2)37-11-7-6-10-35(37)36-25-24-34(26-38(36)39)41(32-20-14-29(15-21-32)27-8-4-3-5-9-27)33-22-16-30(17-23-33)28-12-18-31(40)19-13-28;37-33-19-11-29(12-20-33)32-17-25-36(26-18-32)38(34-21-13-30(14-22-34)27-7-3-1-4-8-27)35-23-15-31(16-24-35)28-9-5-2-6-10-28;35-30-19-13-26(14-20-30)28-17-23-32(24-18-28)36(34-12-6-10-29-9-4-5-11-33(29)34)31-21-15-27(16-22-31)25-7-2-1-3-8-25/h3-26H,1-2H3;1-26H;1-24H. The highest BCUT2D eigenvalue weighted by Gasteiger charge is 2.36. The Balaban J connectivity index is 0.000000125. The molecule has 18 aromatic carbocycles. The van der Waals surface area contributed by atoms with Gasteiger partial charge in [-0.2, -0.15) is 0 Å². The number of hydrogen-bond acceptors (Lipinski definition) is 3. The van der Waals surface area contributed by atoms with Crippen molar-refractivity contribution in [2.45, 2.75) is 19.3 Å². The molecule has 0 aromatic heterocycles. The molecule has 0 bridgehead atoms. The van der Waals surface area contributed by atoms with E-state index in [2.05, 4.69) is 525 Å². The minimum absolute atomic E-state index is 0.0593. The summed E-state index contributed by atoms with van der Waals surface area (Å²) in [6.45, 7) is 4.68. The fourth-order valence-corrected chi connectivity index (χ4v) is 16.4. The Bertz CT molecular complexity index is 6200. The molecular formula is C109H80Br3N3. The van der Waals surface area contributed by atoms with E-state index in [9.17, 15) is 0 Å². The molecule has 0 amide bonds. The van der Waals surface area contributed by atoms with Crippen LogP contribution in [-0.2, 0) is 5.41 Å². The van der Waals surface area contributed by atoms with Gasteiger partial charge >= 0.3 is 0 Å². The molecule has 552 valence electrons. The number of anilines is 9. The zero-order chi connectivity index (χ0) is 78.0. The van der Waals surface area contributed by atoms with Gasteiger partial charge in [-0.3, -0.25) is 0 Å². The number of fused-ring (bicyclic) bond motifs is 4. The Morgan fingerprint density at radius 2 is 0.417 bits per heavy atom. The number of benzene rings is 18. The Morgan fingerprint density at radius 1 is 0.183 bits per heavy atom. The molecule has 0 saturated heterocycles. The first-order valence-electron chi connectivity index (χ1n) is 38.8. The molecule has 0 spiro atoms. The summed E-state index contributed by atoms with van der Waals surface area (Å²) in [6, 6.07) is 160. The van der Waals surface area contributed by atoms with Crippen molar-refractivity contribution in [2.24, 2.45) is 0 Å². The summed E-state index contributed by atoms with van der Waals surface area (Å²) in [7, 11) is 0. The molecule has 0 atom stereocenters. The van der Waals surface area contributed by atoms with Crippen molar-refractivity contribution in [3.63, 3.8) is 0 Å². The van der Waals surface area contributed by atoms with Crippen LogP contribution in [0.4, 0.5) is 51.2 Å². The normalized spacial score (nSPS) is 11.6. The first-order chi connectivity index (χ1) is 56.5. The maximum atomic E-state index is 3.55. The summed E-state index contributed by atoms with van der Waals surface area (Å²) in [5.41, 5.74) is 32.5. The lowest BCUT2D eigenvalue weighted by Crippen LogP contribution is -2.16. The van der Waals surface area contributed by atoms with E-state index in [1.165, 1.54) is 111 Å². The highest BCUT2D eigenvalue weighted by molar-refractivity contribution is 9.11. The van der Waals surface area contributed by atoms with Gasteiger partial charge in [0.2, 0.25) is 0 Å². The van der Waals surface area contributed by atoms with Gasteiger partial charge in [-0.15, -0.1) is 0 Å². The second kappa shape index (κ2) is 34.2. The maximum Gasteiger partial charge on any atom is 0.0540 e. The van der Waals surface area contributed by atoms with Crippen LogP contribution < -0.4 is 14.7 Å². The van der Waals surface area contributed by atoms with Crippen LogP contribution in [0.1, 0.15) is 25.0 Å². The molecule has 0 unspecified atom stereocenters. The van der Waals surface area contributed by atoms with E-state index in [0.717, 1.165) is 64.6 Å². The molecule has 1 aliphatic carbocycles. The predicted molar refractivity (Wildman–Crippen MR) is 500 cm³/mol. The Labute approximate surface area is 700 Å². The third-order valence-corrected chi connectivity index (χ3v) is 23.3. The highest BCUT2D eigenvalue weighted by atomic mass is 79.9. The van der Waals surface area contributed by atoms with Crippen molar-refractivity contribution in [3.8, 4) is 89.0 Å². The third kappa shape index (κ3) is 16.6. The van der Waals surface area contributed by atoms with Crippen LogP contribution >= 0.6 is 47.8 Å². The predicted octanol–water partition coefficient (Wildman–Crippen LogP) is 32.9. The van der Waals surface area contributed by atoms with Gasteiger partial charge in [0.1, 0.15) is 0 Å². The monoisotopic (exact) mass is 1670 g/mol. The van der Waals surface area contributed by atoms with E-state index in [-0.39, 0.29) is 5.41 Å². The van der Waals surface area contributed by atoms with Crippen molar-refractivity contribution in [2.75, 3.05) is 14.7 Å². The fraction of sp³-hybridized carbons (Fsp3) is 0.0275. The fourth-order valence-electron chi connectivity index (χ4n) is 15.6. The van der Waals surface area contributed by atoms with E-state index >= 15 is 0 Å². The number of nitrogens with zero attached hydrogens (tertiary/aromatic N) is 3. The molecule has 1 aliphatic rings. The van der Waals surface area contributed by atoms with Gasteiger partial charge in [0.05, 0.1) is 5.69 Å². The van der Waals surface area contributed by atoms with E-state index in [1.54, 1.807) is 0 Å². The van der Waals surface area contributed by atoms with E-state index in [4.69, 9.17) is 0 Å². The van der Waals surface area contributed by atoms with Crippen molar-refractivity contribution in [3.05, 3.63) is 473 Å². The zero-order valence-electron chi connectivity index (χ0n) is 63.7. The van der Waals surface area contributed by atoms with Crippen LogP contribution in [0, 0.1) is 0 Å². The molecule has 19 rings (SSSR count). The second-order valence-corrected chi connectivity index (χ2v) is 32.0. The topological polar surface area (TPSA) is 9.72 Å². The third-order valence-electron chi connectivity index (χ3n) is 21.7. The van der Waals surface area contributed by atoms with Crippen molar-refractivity contribution >= 4 is 110 Å². The summed E-state index contributed by atoms with van der Waals surface area (Å²) in [4.78, 5) is 7.04. The van der Waals surface area contributed by atoms with Crippen LogP contribution in [-0.4, -0.2) is 0 Å². The van der Waals surface area contributed by atoms with Gasteiger partial charge in [0, 0.05) is 69.7 Å². The van der Waals surface area contributed by atoms with Crippen molar-refractivity contribution in [1.82, 2.24) is 0 Å². The quantitative estimate of drug-likeness (QED) is 0.0955. The van der Waals surface area contributed by atoms with Crippen LogP contribution in [0.25, 0.3) is 99.8 Å². The molecule has 18 aromatic rings. The molecule has 6 heteroatoms. The first kappa shape index (κ1) is 74.8. The maximum absolute atomic E-state index is 3.55. The van der Waals surface area contributed by atoms with Crippen LogP contribution in [0.5, 0.6) is 0 Å². The summed E-state index contributed by atoms with van der Waals surface area (Å²) in [6.07, 6.45) is 0. The largest absolute Gasteiger partial charge is 0.311 e. The minimum atomic E-state index is -0.0593. The number of rotatable bonds is 16. The van der Waals surface area contributed by atoms with Gasteiger partial charge in [0.25, 0.3) is 0 Å². The van der Waals surface area contributed by atoms with E-state index < -0.39 is 0 Å². The van der Waals surface area contributed by atoms with Gasteiger partial charge in [-0.1, -0.05) is 371 Å². The molecule has 0 radical (unpaired) electrons. The Morgan fingerprint density at radius 3 is 0.748 bits per heavy atom. The smallest absolute Gasteiger partial charge is 0.0540 e. The second-order valence-electron chi connectivity index (χ2n) is 29.2. The van der Waals surface area contributed by atoms with E-state index in [0.29, 0.717) is 0 Å². The van der Waals surface area contributed by atoms with Crippen LogP contribution in [0.3, 0.4) is 0 Å². The number of halogens is 3. The van der Waals surface area contributed by atoms with Gasteiger partial charge in [-0.25, -0.2) is 0 Å². The lowest BCUT2D eigenvalue weighted by atomic mass is 9.82. The van der Waals surface area contributed by atoms with Gasteiger partial charge < -0.3 is 14.7 Å². The number of hydrogen-bond donors (Lipinski definition) is 0. The molecule has 0 N–H and O–H groups in total. The Kier molecular flexibility index (Phi) is 22.2. The van der Waals surface area contributed by atoms with Crippen LogP contribution in [0.15, 0.2) is 462 Å². The summed E-state index contributed by atoms with van der Waals surface area (Å²) >= 11 is 10.6. The Hall–Kier alpha value is -12.9. The molecule has 0 aliphatic heterocycles. The summed E-state index contributed by atoms with van der Waals surface area (Å²) < 4.78 is 3.26. The van der Waals surface area contributed by atoms with Crippen molar-refractivity contribution in [1.29, 1.82) is 0 Å². The van der Waals surface area contributed by atoms with Gasteiger partial charge in [0.15, 0.2) is 0 Å². The first-order valence-corrected chi connectivity index (χ1v) is 41.2. The summed E-state index contributed by atoms with van der Waals surface area (Å²) in [5, 5.41) is 2.46. The minimum Gasteiger partial charge on any atom is -0.311 e. The average molecular weight is 1670 g/mol. The molecule has 115 heavy (non-hydrogen) atoms. The highest BCUT2D eigenvalue weighted by Crippen LogP contribution is 2.51. The lowest BCUT2D eigenvalue weighted by Gasteiger charge is -2.28. The molecule has 0 fully saturated rings.